The van der Waals surface area contributed by atoms with Gasteiger partial charge in [-0.3, -0.25) is 4.79 Å². The lowest BCUT2D eigenvalue weighted by molar-refractivity contribution is -0.125. The molecular formula is C18H24FN3O. The van der Waals surface area contributed by atoms with E-state index >= 15 is 0 Å². The number of nitrogens with one attached hydrogen (secondary N) is 1. The average molecular weight is 317 g/mol. The lowest BCUT2D eigenvalue weighted by Gasteiger charge is -2.44. The van der Waals surface area contributed by atoms with E-state index in [0.29, 0.717) is 19.6 Å². The highest BCUT2D eigenvalue weighted by Crippen LogP contribution is 2.33. The molecule has 1 unspecified atom stereocenters. The van der Waals surface area contributed by atoms with Crippen LogP contribution in [0.2, 0.25) is 0 Å². The molecule has 5 heteroatoms. The van der Waals surface area contributed by atoms with Gasteiger partial charge in [-0.15, -0.1) is 0 Å². The predicted molar refractivity (Wildman–Crippen MR) is 91.6 cm³/mol. The second kappa shape index (κ2) is 5.55. The van der Waals surface area contributed by atoms with E-state index in [1.54, 1.807) is 6.92 Å². The van der Waals surface area contributed by atoms with E-state index in [2.05, 4.69) is 24.9 Å². The summed E-state index contributed by atoms with van der Waals surface area (Å²) in [5.74, 6) is -0.0212. The van der Waals surface area contributed by atoms with E-state index in [4.69, 9.17) is 0 Å². The summed E-state index contributed by atoms with van der Waals surface area (Å²) < 4.78 is 13.7. The van der Waals surface area contributed by atoms with Gasteiger partial charge in [0.25, 0.3) is 0 Å². The fourth-order valence-electron chi connectivity index (χ4n) is 3.44. The largest absolute Gasteiger partial charge is 0.378 e. The molecule has 1 amide bonds. The van der Waals surface area contributed by atoms with Crippen molar-refractivity contribution in [1.29, 1.82) is 0 Å². The van der Waals surface area contributed by atoms with Crippen LogP contribution in [0.5, 0.6) is 0 Å². The molecule has 3 rings (SSSR count). The van der Waals surface area contributed by atoms with E-state index in [0.717, 1.165) is 24.3 Å². The molecule has 2 heterocycles. The highest BCUT2D eigenvalue weighted by Gasteiger charge is 2.39. The summed E-state index contributed by atoms with van der Waals surface area (Å²) >= 11 is 0. The number of likely N-dealkylation sites (tertiary alicyclic amines) is 1. The number of hydrogen-bond donors (Lipinski definition) is 1. The maximum absolute atomic E-state index is 13.7. The molecule has 0 bridgehead atoms. The second-order valence-corrected chi connectivity index (χ2v) is 7.22. The van der Waals surface area contributed by atoms with Gasteiger partial charge in [0.2, 0.25) is 5.91 Å². The van der Waals surface area contributed by atoms with Gasteiger partial charge in [0, 0.05) is 24.5 Å². The van der Waals surface area contributed by atoms with Crippen molar-refractivity contribution in [3.05, 3.63) is 36.9 Å². The van der Waals surface area contributed by atoms with Gasteiger partial charge in [-0.2, -0.15) is 0 Å². The zero-order chi connectivity index (χ0) is 16.7. The molecule has 1 aromatic rings. The van der Waals surface area contributed by atoms with Crippen molar-refractivity contribution in [1.82, 2.24) is 4.90 Å². The van der Waals surface area contributed by atoms with Crippen LogP contribution in [-0.2, 0) is 4.79 Å². The van der Waals surface area contributed by atoms with Gasteiger partial charge in [0.1, 0.15) is 5.67 Å². The Labute approximate surface area is 137 Å². The summed E-state index contributed by atoms with van der Waals surface area (Å²) in [5.41, 5.74) is 0.809. The molecule has 0 aliphatic carbocycles. The molecule has 23 heavy (non-hydrogen) atoms. The molecular weight excluding hydrogens is 293 g/mol. The van der Waals surface area contributed by atoms with E-state index in [9.17, 15) is 9.18 Å². The second-order valence-electron chi connectivity index (χ2n) is 7.22. The van der Waals surface area contributed by atoms with Crippen LogP contribution in [0.3, 0.4) is 0 Å². The van der Waals surface area contributed by atoms with Crippen molar-refractivity contribution in [2.45, 2.75) is 31.5 Å². The van der Waals surface area contributed by atoms with Gasteiger partial charge in [-0.1, -0.05) is 12.6 Å². The van der Waals surface area contributed by atoms with E-state index in [-0.39, 0.29) is 11.4 Å². The fourth-order valence-corrected chi connectivity index (χ4v) is 3.44. The van der Waals surface area contributed by atoms with Crippen molar-refractivity contribution in [2.75, 3.05) is 36.4 Å². The first-order chi connectivity index (χ1) is 10.8. The van der Waals surface area contributed by atoms with Crippen molar-refractivity contribution < 1.29 is 9.18 Å². The number of carbonyl (C=O) groups is 1. The molecule has 2 fully saturated rings. The Morgan fingerprint density at radius 1 is 1.35 bits per heavy atom. The monoisotopic (exact) mass is 317 g/mol. The highest BCUT2D eigenvalue weighted by molar-refractivity contribution is 5.87. The number of carbonyl (C=O) groups excluding carboxylic acids is 1. The number of hydrogen-bond acceptors (Lipinski definition) is 3. The molecule has 2 aliphatic rings. The van der Waals surface area contributed by atoms with E-state index < -0.39 is 5.67 Å². The minimum absolute atomic E-state index is 0.0212. The van der Waals surface area contributed by atoms with Gasteiger partial charge < -0.3 is 15.1 Å². The van der Waals surface area contributed by atoms with Crippen LogP contribution in [0.15, 0.2) is 36.9 Å². The third-order valence-corrected chi connectivity index (χ3v) is 4.66. The number of anilines is 2. The molecule has 0 aromatic heterocycles. The lowest BCUT2D eigenvalue weighted by atomic mass is 9.97. The third-order valence-electron chi connectivity index (χ3n) is 4.66. The maximum atomic E-state index is 13.7. The minimum atomic E-state index is -1.08. The Hall–Kier alpha value is -2.04. The quantitative estimate of drug-likeness (QED) is 0.868. The standard InChI is InChI=1S/C18H24FN3O/c1-4-16(23)21-9-8-18(3,13-21)20-14-6-5-7-15(10-14)22-11-17(2,19)12-22/h4-7,10,20H,1,8-9,11-13H2,2-3H3. The summed E-state index contributed by atoms with van der Waals surface area (Å²) in [6.07, 6.45) is 2.26. The number of nitrogens with zero attached hydrogens (tertiary/aromatic N) is 2. The molecule has 1 N–H and O–H groups in total. The lowest BCUT2D eigenvalue weighted by Crippen LogP contribution is -2.57. The molecule has 2 aliphatic heterocycles. The summed E-state index contributed by atoms with van der Waals surface area (Å²) in [7, 11) is 0. The molecule has 124 valence electrons. The molecule has 2 saturated heterocycles. The number of amides is 1. The summed E-state index contributed by atoms with van der Waals surface area (Å²) in [4.78, 5) is 15.6. The first kappa shape index (κ1) is 15.8. The van der Waals surface area contributed by atoms with Gasteiger partial charge in [-0.05, 0) is 44.5 Å². The molecule has 4 nitrogen and oxygen atoms in total. The topological polar surface area (TPSA) is 35.6 Å². The SMILES string of the molecule is C=CC(=O)N1CCC(C)(Nc2cccc(N3CC(C)(F)C3)c2)C1. The van der Waals surface area contributed by atoms with Crippen molar-refractivity contribution >= 4 is 17.3 Å². The van der Waals surface area contributed by atoms with Crippen molar-refractivity contribution in [3.63, 3.8) is 0 Å². The van der Waals surface area contributed by atoms with E-state index in [1.807, 2.05) is 28.0 Å². The summed E-state index contributed by atoms with van der Waals surface area (Å²) in [6.45, 7) is 9.58. The Morgan fingerprint density at radius 3 is 2.74 bits per heavy atom. The summed E-state index contributed by atoms with van der Waals surface area (Å²) in [6, 6.07) is 8.06. The first-order valence-electron chi connectivity index (χ1n) is 8.04. The number of rotatable bonds is 4. The Kier molecular flexibility index (Phi) is 3.82. The van der Waals surface area contributed by atoms with Crippen LogP contribution in [-0.4, -0.2) is 48.2 Å². The predicted octanol–water partition coefficient (Wildman–Crippen LogP) is 2.82. The molecule has 0 spiro atoms. The molecule has 0 radical (unpaired) electrons. The number of halogens is 1. The van der Waals surface area contributed by atoms with Crippen LogP contribution in [0, 0.1) is 0 Å². The Balaban J connectivity index is 1.67. The smallest absolute Gasteiger partial charge is 0.246 e. The number of alkyl halides is 1. The van der Waals surface area contributed by atoms with Crippen LogP contribution >= 0.6 is 0 Å². The maximum Gasteiger partial charge on any atom is 0.246 e. The molecule has 1 aromatic carbocycles. The fraction of sp³-hybridized carbons (Fsp3) is 0.500. The Bertz CT molecular complexity index is 622. The third kappa shape index (κ3) is 3.33. The van der Waals surface area contributed by atoms with Gasteiger partial charge >= 0.3 is 0 Å². The van der Waals surface area contributed by atoms with Gasteiger partial charge in [-0.25, -0.2) is 4.39 Å². The molecule has 1 atom stereocenters. The van der Waals surface area contributed by atoms with Crippen molar-refractivity contribution in [3.8, 4) is 0 Å². The highest BCUT2D eigenvalue weighted by atomic mass is 19.1. The number of benzene rings is 1. The zero-order valence-corrected chi connectivity index (χ0v) is 13.8. The normalized spacial score (nSPS) is 25.9. The van der Waals surface area contributed by atoms with E-state index in [1.165, 1.54) is 6.08 Å². The van der Waals surface area contributed by atoms with Crippen LogP contribution in [0.1, 0.15) is 20.3 Å². The average Bonchev–Trinajstić information content (AvgIpc) is 2.86. The van der Waals surface area contributed by atoms with Crippen LogP contribution in [0.25, 0.3) is 0 Å². The minimum Gasteiger partial charge on any atom is -0.378 e. The van der Waals surface area contributed by atoms with Gasteiger partial charge in [0.15, 0.2) is 0 Å². The van der Waals surface area contributed by atoms with Crippen molar-refractivity contribution in [2.24, 2.45) is 0 Å². The van der Waals surface area contributed by atoms with Crippen LogP contribution < -0.4 is 10.2 Å². The van der Waals surface area contributed by atoms with Crippen LogP contribution in [0.4, 0.5) is 15.8 Å². The summed E-state index contributed by atoms with van der Waals surface area (Å²) in [5, 5.41) is 3.54. The Morgan fingerprint density at radius 2 is 2.09 bits per heavy atom. The molecule has 0 saturated carbocycles. The first-order valence-corrected chi connectivity index (χ1v) is 8.04. The zero-order valence-electron chi connectivity index (χ0n) is 13.8. The van der Waals surface area contributed by atoms with Gasteiger partial charge in [0.05, 0.1) is 18.6 Å².